The predicted molar refractivity (Wildman–Crippen MR) is 96.0 cm³/mol. The molecule has 2 atom stereocenters. The zero-order valence-electron chi connectivity index (χ0n) is 14.6. The van der Waals surface area contributed by atoms with Gasteiger partial charge in [-0.15, -0.1) is 0 Å². The van der Waals surface area contributed by atoms with Gasteiger partial charge in [-0.05, 0) is 38.7 Å². The average molecular weight is 337 g/mol. The molecule has 0 spiro atoms. The van der Waals surface area contributed by atoms with Gasteiger partial charge in [0.2, 0.25) is 0 Å². The summed E-state index contributed by atoms with van der Waals surface area (Å²) < 4.78 is 5.84. The molecule has 0 N–H and O–H groups in total. The van der Waals surface area contributed by atoms with Crippen molar-refractivity contribution in [2.24, 2.45) is 10.9 Å². The topological polar surface area (TPSA) is 55.7 Å². The first-order valence-corrected chi connectivity index (χ1v) is 9.28. The number of ketones is 2. The smallest absolute Gasteiger partial charge is 0.161 e. The molecule has 1 unspecified atom stereocenters. The van der Waals surface area contributed by atoms with Crippen LogP contribution < -0.4 is 4.74 Å². The number of fused-ring (bicyclic) bond motifs is 1. The van der Waals surface area contributed by atoms with Crippen LogP contribution in [0.4, 0.5) is 0 Å². The zero-order chi connectivity index (χ0) is 17.4. The summed E-state index contributed by atoms with van der Waals surface area (Å²) in [5, 5.41) is 0. The molecule has 3 aliphatic rings. The minimum atomic E-state index is -0.295. The molecule has 1 aromatic carbocycles. The van der Waals surface area contributed by atoms with Crippen LogP contribution in [-0.4, -0.2) is 23.9 Å². The van der Waals surface area contributed by atoms with Crippen LogP contribution in [0.1, 0.15) is 56.9 Å². The van der Waals surface area contributed by atoms with Crippen LogP contribution in [0.2, 0.25) is 0 Å². The largest absolute Gasteiger partial charge is 0.494 e. The Balaban J connectivity index is 1.90. The lowest BCUT2D eigenvalue weighted by Crippen LogP contribution is -2.39. The van der Waals surface area contributed by atoms with Crippen molar-refractivity contribution in [1.82, 2.24) is 0 Å². The number of para-hydroxylation sites is 1. The maximum atomic E-state index is 12.8. The number of benzene rings is 1. The van der Waals surface area contributed by atoms with Crippen LogP contribution in [0, 0.1) is 5.92 Å². The quantitative estimate of drug-likeness (QED) is 0.838. The molecule has 4 nitrogen and oxygen atoms in total. The van der Waals surface area contributed by atoms with Crippen molar-refractivity contribution in [2.75, 3.05) is 6.61 Å². The minimum Gasteiger partial charge on any atom is -0.494 e. The molecule has 1 aromatic rings. The van der Waals surface area contributed by atoms with E-state index in [-0.39, 0.29) is 23.4 Å². The number of rotatable bonds is 3. The molecule has 0 bridgehead atoms. The van der Waals surface area contributed by atoms with E-state index in [1.54, 1.807) is 0 Å². The number of carbonyl (C=O) groups is 2. The van der Waals surface area contributed by atoms with Crippen molar-refractivity contribution in [1.29, 1.82) is 0 Å². The molecule has 0 saturated heterocycles. The summed E-state index contributed by atoms with van der Waals surface area (Å²) in [5.41, 5.74) is 3.61. The van der Waals surface area contributed by atoms with Crippen molar-refractivity contribution in [2.45, 2.75) is 51.4 Å². The van der Waals surface area contributed by atoms with E-state index in [2.05, 4.69) is 0 Å². The zero-order valence-corrected chi connectivity index (χ0v) is 14.6. The normalized spacial score (nSPS) is 26.0. The van der Waals surface area contributed by atoms with E-state index in [1.165, 1.54) is 0 Å². The summed E-state index contributed by atoms with van der Waals surface area (Å²) in [6.45, 7) is 2.51. The number of allylic oxidation sites excluding steroid dienone is 2. The van der Waals surface area contributed by atoms with E-state index in [4.69, 9.17) is 9.73 Å². The Labute approximate surface area is 148 Å². The number of carbonyl (C=O) groups excluding carboxylic acids is 2. The van der Waals surface area contributed by atoms with Crippen LogP contribution in [0.15, 0.2) is 40.5 Å². The van der Waals surface area contributed by atoms with E-state index in [0.29, 0.717) is 19.4 Å². The summed E-state index contributed by atoms with van der Waals surface area (Å²) in [7, 11) is 0. The Kier molecular flexibility index (Phi) is 4.28. The van der Waals surface area contributed by atoms with Gasteiger partial charge in [0.25, 0.3) is 0 Å². The van der Waals surface area contributed by atoms with Crippen LogP contribution in [0.5, 0.6) is 5.75 Å². The fourth-order valence-corrected chi connectivity index (χ4v) is 4.46. The molecule has 0 amide bonds. The Bertz CT molecular complexity index is 790. The Morgan fingerprint density at radius 1 is 1.04 bits per heavy atom. The SMILES string of the molecule is CCOc1ccccc1[C@@H]1C2=C(CCCC2=O)N=C2CCCC(=O)C21. The molecular formula is C21H23NO3. The molecule has 1 saturated carbocycles. The van der Waals surface area contributed by atoms with Crippen LogP contribution in [0.3, 0.4) is 0 Å². The van der Waals surface area contributed by atoms with Gasteiger partial charge < -0.3 is 4.74 Å². The van der Waals surface area contributed by atoms with Gasteiger partial charge in [0, 0.05) is 41.3 Å². The second kappa shape index (κ2) is 6.58. The maximum Gasteiger partial charge on any atom is 0.161 e. The van der Waals surface area contributed by atoms with Gasteiger partial charge in [0.15, 0.2) is 5.78 Å². The third-order valence-electron chi connectivity index (χ3n) is 5.47. The van der Waals surface area contributed by atoms with E-state index in [1.807, 2.05) is 31.2 Å². The lowest BCUT2D eigenvalue weighted by molar-refractivity contribution is -0.122. The molecule has 2 aliphatic carbocycles. The van der Waals surface area contributed by atoms with Gasteiger partial charge in [-0.25, -0.2) is 0 Å². The van der Waals surface area contributed by atoms with Gasteiger partial charge in [0.1, 0.15) is 11.5 Å². The summed E-state index contributed by atoms with van der Waals surface area (Å²) in [6, 6.07) is 7.84. The molecule has 1 fully saturated rings. The molecule has 0 aromatic heterocycles. The molecular weight excluding hydrogens is 314 g/mol. The number of aliphatic imine (C=N–C) groups is 1. The summed E-state index contributed by atoms with van der Waals surface area (Å²) in [6.07, 6.45) is 4.54. The molecule has 1 aliphatic heterocycles. The van der Waals surface area contributed by atoms with E-state index < -0.39 is 0 Å². The summed E-state index contributed by atoms with van der Waals surface area (Å²) >= 11 is 0. The standard InChI is InChI=1S/C21H23NO3/c1-2-25-18-12-4-3-7-13(18)19-20-14(8-5-10-16(20)23)22-15-9-6-11-17(24)21(15)19/h3-4,7,12,19-20H,2,5-6,8-11H2,1H3/t19-,20?/m0/s1. The fourth-order valence-electron chi connectivity index (χ4n) is 4.46. The third-order valence-corrected chi connectivity index (χ3v) is 5.47. The predicted octanol–water partition coefficient (Wildman–Crippen LogP) is 4.00. The van der Waals surface area contributed by atoms with Gasteiger partial charge in [-0.3, -0.25) is 14.6 Å². The van der Waals surface area contributed by atoms with E-state index >= 15 is 0 Å². The third kappa shape index (κ3) is 2.74. The number of nitrogens with zero attached hydrogens (tertiary/aromatic N) is 1. The lowest BCUT2D eigenvalue weighted by atomic mass is 9.67. The first-order valence-electron chi connectivity index (χ1n) is 9.28. The molecule has 130 valence electrons. The lowest BCUT2D eigenvalue weighted by Gasteiger charge is -2.38. The van der Waals surface area contributed by atoms with Gasteiger partial charge in [-0.2, -0.15) is 0 Å². The van der Waals surface area contributed by atoms with Gasteiger partial charge in [-0.1, -0.05) is 18.2 Å². The van der Waals surface area contributed by atoms with Crippen LogP contribution >= 0.6 is 0 Å². The average Bonchev–Trinajstić information content (AvgIpc) is 2.61. The van der Waals surface area contributed by atoms with Gasteiger partial charge >= 0.3 is 0 Å². The number of ether oxygens (including phenoxy) is 1. The van der Waals surface area contributed by atoms with Crippen LogP contribution in [-0.2, 0) is 9.59 Å². The van der Waals surface area contributed by atoms with Gasteiger partial charge in [0.05, 0.1) is 12.5 Å². The Morgan fingerprint density at radius 3 is 2.68 bits per heavy atom. The second-order valence-electron chi connectivity index (χ2n) is 6.99. The Morgan fingerprint density at radius 2 is 1.84 bits per heavy atom. The number of hydrogen-bond acceptors (Lipinski definition) is 4. The van der Waals surface area contributed by atoms with Crippen molar-refractivity contribution in [3.8, 4) is 5.75 Å². The monoisotopic (exact) mass is 337 g/mol. The minimum absolute atomic E-state index is 0.152. The van der Waals surface area contributed by atoms with E-state index in [9.17, 15) is 9.59 Å². The first-order chi connectivity index (χ1) is 12.2. The molecule has 4 heteroatoms. The summed E-state index contributed by atoms with van der Waals surface area (Å²) in [5.74, 6) is 0.617. The molecule has 25 heavy (non-hydrogen) atoms. The fraction of sp³-hybridized carbons (Fsp3) is 0.476. The molecule has 1 heterocycles. The van der Waals surface area contributed by atoms with Crippen molar-refractivity contribution >= 4 is 17.3 Å². The first kappa shape index (κ1) is 16.2. The number of Topliss-reactive ketones (excluding diaryl/α,β-unsaturated/α-hetero) is 2. The summed E-state index contributed by atoms with van der Waals surface area (Å²) in [4.78, 5) is 30.4. The highest BCUT2D eigenvalue weighted by Crippen LogP contribution is 2.48. The molecule has 0 radical (unpaired) electrons. The van der Waals surface area contributed by atoms with Crippen LogP contribution in [0.25, 0.3) is 0 Å². The highest BCUT2D eigenvalue weighted by molar-refractivity contribution is 6.12. The van der Waals surface area contributed by atoms with Crippen molar-refractivity contribution in [3.05, 3.63) is 41.1 Å². The highest BCUT2D eigenvalue weighted by atomic mass is 16.5. The molecule has 4 rings (SSSR count). The van der Waals surface area contributed by atoms with E-state index in [0.717, 1.165) is 54.0 Å². The number of hydrogen-bond donors (Lipinski definition) is 0. The maximum absolute atomic E-state index is 12.8. The Hall–Kier alpha value is -2.23. The van der Waals surface area contributed by atoms with Crippen molar-refractivity contribution in [3.63, 3.8) is 0 Å². The second-order valence-corrected chi connectivity index (χ2v) is 6.99. The highest BCUT2D eigenvalue weighted by Gasteiger charge is 2.45. The van der Waals surface area contributed by atoms with Crippen molar-refractivity contribution < 1.29 is 14.3 Å².